The van der Waals surface area contributed by atoms with Gasteiger partial charge in [-0.25, -0.2) is 9.48 Å². The van der Waals surface area contributed by atoms with Crippen LogP contribution in [-0.4, -0.2) is 46.7 Å². The van der Waals surface area contributed by atoms with E-state index in [-0.39, 0.29) is 18.7 Å². The maximum absolute atomic E-state index is 12.5. The lowest BCUT2D eigenvalue weighted by Crippen LogP contribution is -2.33. The van der Waals surface area contributed by atoms with Crippen LogP contribution in [-0.2, 0) is 17.7 Å². The predicted molar refractivity (Wildman–Crippen MR) is 151 cm³/mol. The lowest BCUT2D eigenvalue weighted by molar-refractivity contribution is 0.0528. The maximum Gasteiger partial charge on any atom is 0.407 e. The first-order valence-electron chi connectivity index (χ1n) is 12.5. The number of ether oxygens (including phenoxy) is 3. The third kappa shape index (κ3) is 7.48. The van der Waals surface area contributed by atoms with Crippen LogP contribution in [0.3, 0.4) is 0 Å². The normalized spacial score (nSPS) is 11.3. The average Bonchev–Trinajstić information content (AvgIpc) is 2.89. The number of benzene rings is 2. The molecule has 0 aliphatic heterocycles. The maximum atomic E-state index is 12.5. The number of nitrogens with zero attached hydrogens (tertiary/aromatic N) is 3. The van der Waals surface area contributed by atoms with E-state index >= 15 is 0 Å². The van der Waals surface area contributed by atoms with Gasteiger partial charge in [-0.3, -0.25) is 9.78 Å². The highest BCUT2D eigenvalue weighted by Gasteiger charge is 2.16. The minimum atomic E-state index is -0.555. The molecule has 39 heavy (non-hydrogen) atoms. The molecule has 1 amide bonds. The van der Waals surface area contributed by atoms with Gasteiger partial charge in [0, 0.05) is 40.8 Å². The zero-order chi connectivity index (χ0) is 28.0. The second kappa shape index (κ2) is 12.2. The van der Waals surface area contributed by atoms with Crippen LogP contribution in [0, 0.1) is 0 Å². The molecule has 0 bridgehead atoms. The van der Waals surface area contributed by atoms with Crippen molar-refractivity contribution in [1.82, 2.24) is 20.1 Å². The summed E-state index contributed by atoms with van der Waals surface area (Å²) in [6.07, 6.45) is 1.74. The standard InChI is InChI=1S/C29H31ClN4O5/c1-29(2,3)39-28(36)32-13-11-19-5-6-20(17-23(19)30)24-9-10-27(35)34(33-24)15-16-38-26-12-14-31-25-18-21(37-4)7-8-22(25)26/h5-10,12,14,17-18H,11,13,15-16H2,1-4H3,(H,32,36). The number of rotatable bonds is 9. The summed E-state index contributed by atoms with van der Waals surface area (Å²) in [4.78, 5) is 28.7. The van der Waals surface area contributed by atoms with Crippen LogP contribution in [0.15, 0.2) is 65.6 Å². The smallest absolute Gasteiger partial charge is 0.407 e. The van der Waals surface area contributed by atoms with E-state index in [0.29, 0.717) is 35.2 Å². The molecule has 2 aromatic heterocycles. The second-order valence-electron chi connectivity index (χ2n) is 9.81. The fraction of sp³-hybridized carbons (Fsp3) is 0.310. The molecule has 4 aromatic rings. The summed E-state index contributed by atoms with van der Waals surface area (Å²) in [6.45, 7) is 6.32. The van der Waals surface area contributed by atoms with Gasteiger partial charge in [-0.1, -0.05) is 23.7 Å². The van der Waals surface area contributed by atoms with Crippen molar-refractivity contribution in [2.75, 3.05) is 20.3 Å². The quantitative estimate of drug-likeness (QED) is 0.303. The largest absolute Gasteiger partial charge is 0.497 e. The highest BCUT2D eigenvalue weighted by Crippen LogP contribution is 2.27. The summed E-state index contributed by atoms with van der Waals surface area (Å²) >= 11 is 6.52. The summed E-state index contributed by atoms with van der Waals surface area (Å²) in [5.41, 5.74) is 2.22. The van der Waals surface area contributed by atoms with Crippen LogP contribution >= 0.6 is 11.6 Å². The van der Waals surface area contributed by atoms with E-state index in [1.54, 1.807) is 31.5 Å². The van der Waals surface area contributed by atoms with Crippen LogP contribution in [0.4, 0.5) is 4.79 Å². The van der Waals surface area contributed by atoms with Crippen molar-refractivity contribution in [3.05, 3.63) is 81.7 Å². The van der Waals surface area contributed by atoms with Crippen LogP contribution in [0.1, 0.15) is 26.3 Å². The fourth-order valence-corrected chi connectivity index (χ4v) is 4.16. The number of pyridine rings is 1. The third-order valence-corrected chi connectivity index (χ3v) is 6.10. The Balaban J connectivity index is 1.39. The van der Waals surface area contributed by atoms with E-state index in [0.717, 1.165) is 22.0 Å². The molecule has 1 N–H and O–H groups in total. The molecule has 0 aliphatic carbocycles. The SMILES string of the molecule is COc1ccc2c(OCCn3nc(-c4ccc(CCNC(=O)OC(C)(C)C)c(Cl)c4)ccc3=O)ccnc2c1. The Morgan fingerprint density at radius 2 is 1.90 bits per heavy atom. The number of methoxy groups -OCH3 is 1. The summed E-state index contributed by atoms with van der Waals surface area (Å²) in [7, 11) is 1.61. The lowest BCUT2D eigenvalue weighted by atomic mass is 10.1. The molecule has 10 heteroatoms. The fourth-order valence-electron chi connectivity index (χ4n) is 3.88. The van der Waals surface area contributed by atoms with Gasteiger partial charge in [0.1, 0.15) is 23.7 Å². The van der Waals surface area contributed by atoms with Crippen molar-refractivity contribution in [3.63, 3.8) is 0 Å². The number of fused-ring (bicyclic) bond motifs is 1. The Kier molecular flexibility index (Phi) is 8.71. The van der Waals surface area contributed by atoms with Crippen molar-refractivity contribution in [1.29, 1.82) is 0 Å². The highest BCUT2D eigenvalue weighted by atomic mass is 35.5. The number of carbonyl (C=O) groups excluding carboxylic acids is 1. The summed E-state index contributed by atoms with van der Waals surface area (Å²) in [5.74, 6) is 1.38. The second-order valence-corrected chi connectivity index (χ2v) is 10.2. The Bertz CT molecular complexity index is 1530. The van der Waals surface area contributed by atoms with E-state index in [1.807, 2.05) is 51.1 Å². The molecule has 0 saturated carbocycles. The van der Waals surface area contributed by atoms with E-state index < -0.39 is 11.7 Å². The Morgan fingerprint density at radius 1 is 1.08 bits per heavy atom. The van der Waals surface area contributed by atoms with Crippen molar-refractivity contribution in [2.24, 2.45) is 0 Å². The number of alkyl carbamates (subject to hydrolysis) is 1. The Labute approximate surface area is 231 Å². The molecule has 204 valence electrons. The van der Waals surface area contributed by atoms with Crippen LogP contribution < -0.4 is 20.3 Å². The monoisotopic (exact) mass is 550 g/mol. The molecule has 0 unspecified atom stereocenters. The number of hydrogen-bond acceptors (Lipinski definition) is 7. The van der Waals surface area contributed by atoms with Gasteiger partial charge in [0.2, 0.25) is 0 Å². The molecule has 0 saturated heterocycles. The van der Waals surface area contributed by atoms with Gasteiger partial charge < -0.3 is 19.5 Å². The number of hydrogen-bond donors (Lipinski definition) is 1. The van der Waals surface area contributed by atoms with Crippen molar-refractivity contribution < 1.29 is 19.0 Å². The van der Waals surface area contributed by atoms with Crippen LogP contribution in [0.2, 0.25) is 5.02 Å². The Hall–Kier alpha value is -4.11. The van der Waals surface area contributed by atoms with Gasteiger partial charge in [0.15, 0.2) is 0 Å². The third-order valence-electron chi connectivity index (χ3n) is 5.75. The van der Waals surface area contributed by atoms with Crippen molar-refractivity contribution in [2.45, 2.75) is 39.3 Å². The van der Waals surface area contributed by atoms with E-state index in [2.05, 4.69) is 15.4 Å². The zero-order valence-corrected chi connectivity index (χ0v) is 23.1. The van der Waals surface area contributed by atoms with E-state index in [4.69, 9.17) is 25.8 Å². The first-order valence-corrected chi connectivity index (χ1v) is 12.9. The molecular weight excluding hydrogens is 520 g/mol. The summed E-state index contributed by atoms with van der Waals surface area (Å²) in [5, 5.41) is 8.64. The minimum absolute atomic E-state index is 0.234. The predicted octanol–water partition coefficient (Wildman–Crippen LogP) is 5.27. The molecule has 0 aliphatic rings. The van der Waals surface area contributed by atoms with Crippen LogP contribution in [0.25, 0.3) is 22.2 Å². The first-order chi connectivity index (χ1) is 18.6. The number of nitrogens with one attached hydrogen (secondary N) is 1. The van der Waals surface area contributed by atoms with Gasteiger partial charge in [-0.15, -0.1) is 0 Å². The molecule has 0 atom stereocenters. The molecule has 0 fully saturated rings. The molecule has 2 aromatic carbocycles. The summed E-state index contributed by atoms with van der Waals surface area (Å²) < 4.78 is 17.9. The molecular formula is C29H31ClN4O5. The lowest BCUT2D eigenvalue weighted by Gasteiger charge is -2.19. The number of carbonyl (C=O) groups is 1. The van der Waals surface area contributed by atoms with Crippen LogP contribution in [0.5, 0.6) is 11.5 Å². The topological polar surface area (TPSA) is 105 Å². The molecule has 2 heterocycles. The molecule has 9 nitrogen and oxygen atoms in total. The number of aromatic nitrogens is 3. The first kappa shape index (κ1) is 27.9. The number of halogens is 1. The molecule has 0 spiro atoms. The average molecular weight is 551 g/mol. The van der Waals surface area contributed by atoms with Crippen molar-refractivity contribution in [3.8, 4) is 22.8 Å². The van der Waals surface area contributed by atoms with Gasteiger partial charge >= 0.3 is 6.09 Å². The summed E-state index contributed by atoms with van der Waals surface area (Å²) in [6, 6.07) is 16.1. The Morgan fingerprint density at radius 3 is 2.64 bits per heavy atom. The van der Waals surface area contributed by atoms with Gasteiger partial charge in [0.25, 0.3) is 5.56 Å². The molecule has 4 rings (SSSR count). The van der Waals surface area contributed by atoms with Gasteiger partial charge in [-0.05, 0) is 63.1 Å². The van der Waals surface area contributed by atoms with E-state index in [1.165, 1.54) is 10.7 Å². The van der Waals surface area contributed by atoms with E-state index in [9.17, 15) is 9.59 Å². The van der Waals surface area contributed by atoms with Gasteiger partial charge in [0.05, 0.1) is 24.9 Å². The number of amides is 1. The zero-order valence-electron chi connectivity index (χ0n) is 22.4. The molecule has 0 radical (unpaired) electrons. The minimum Gasteiger partial charge on any atom is -0.497 e. The highest BCUT2D eigenvalue weighted by molar-refractivity contribution is 6.31. The van der Waals surface area contributed by atoms with Gasteiger partial charge in [-0.2, -0.15) is 5.10 Å². The van der Waals surface area contributed by atoms with Crippen molar-refractivity contribution >= 4 is 28.6 Å².